The summed E-state index contributed by atoms with van der Waals surface area (Å²) in [7, 11) is 0. The second-order valence-corrected chi connectivity index (χ2v) is 6.19. The molecule has 6 heteroatoms. The van der Waals surface area contributed by atoms with Crippen LogP contribution in [0.5, 0.6) is 5.75 Å². The van der Waals surface area contributed by atoms with E-state index in [9.17, 15) is 4.79 Å². The quantitative estimate of drug-likeness (QED) is 0.751. The van der Waals surface area contributed by atoms with Crippen molar-refractivity contribution in [2.45, 2.75) is 37.8 Å². The zero-order valence-electron chi connectivity index (χ0n) is 14.0. The maximum Gasteiger partial charge on any atom is 0.315 e. The van der Waals surface area contributed by atoms with Gasteiger partial charge in [0.05, 0.1) is 25.4 Å². The van der Waals surface area contributed by atoms with Crippen LogP contribution in [0.3, 0.4) is 0 Å². The Morgan fingerprint density at radius 2 is 2.17 bits per heavy atom. The highest BCUT2D eigenvalue weighted by Crippen LogP contribution is 2.31. The first kappa shape index (κ1) is 17.0. The van der Waals surface area contributed by atoms with Crippen LogP contribution in [0.15, 0.2) is 24.3 Å². The second-order valence-electron chi connectivity index (χ2n) is 6.19. The lowest BCUT2D eigenvalue weighted by Crippen LogP contribution is -2.40. The largest absolute Gasteiger partial charge is 0.493 e. The van der Waals surface area contributed by atoms with Gasteiger partial charge in [-0.25, -0.2) is 4.79 Å². The van der Waals surface area contributed by atoms with E-state index in [2.05, 4.69) is 10.6 Å². The summed E-state index contributed by atoms with van der Waals surface area (Å²) in [5.41, 5.74) is 1.04. The van der Waals surface area contributed by atoms with Crippen molar-refractivity contribution in [1.29, 1.82) is 0 Å². The molecule has 0 radical (unpaired) electrons. The molecule has 0 bridgehead atoms. The van der Waals surface area contributed by atoms with Gasteiger partial charge in [0.25, 0.3) is 0 Å². The van der Waals surface area contributed by atoms with Gasteiger partial charge in [0.1, 0.15) is 5.75 Å². The molecule has 0 saturated carbocycles. The number of ether oxygens (including phenoxy) is 3. The Morgan fingerprint density at radius 1 is 1.25 bits per heavy atom. The zero-order valence-corrected chi connectivity index (χ0v) is 14.0. The maximum atomic E-state index is 12.0. The van der Waals surface area contributed by atoms with Crippen LogP contribution in [0, 0.1) is 0 Å². The van der Waals surface area contributed by atoms with Gasteiger partial charge in [-0.3, -0.25) is 0 Å². The van der Waals surface area contributed by atoms with Crippen molar-refractivity contribution in [1.82, 2.24) is 10.6 Å². The average molecular weight is 334 g/mol. The molecular formula is C18H26N2O4. The standard InChI is InChI=1S/C18H26N2O4/c21-18(19-9-4-10-22-13-14-5-3-11-23-14)20-16-8-12-24-17-7-2-1-6-15(16)17/h1-2,6-7,14,16H,3-5,8-13H2,(H2,19,20,21). The van der Waals surface area contributed by atoms with E-state index in [1.807, 2.05) is 24.3 Å². The van der Waals surface area contributed by atoms with E-state index in [-0.39, 0.29) is 18.2 Å². The summed E-state index contributed by atoms with van der Waals surface area (Å²) in [6.07, 6.45) is 4.06. The van der Waals surface area contributed by atoms with Gasteiger partial charge in [-0.2, -0.15) is 0 Å². The van der Waals surface area contributed by atoms with Crippen molar-refractivity contribution in [3.63, 3.8) is 0 Å². The molecule has 2 unspecified atom stereocenters. The molecule has 6 nitrogen and oxygen atoms in total. The number of urea groups is 1. The van der Waals surface area contributed by atoms with Crippen LogP contribution in [0.4, 0.5) is 4.79 Å². The summed E-state index contributed by atoms with van der Waals surface area (Å²) >= 11 is 0. The Kier molecular flexibility index (Phi) is 6.32. The molecule has 2 amide bonds. The number of para-hydroxylation sites is 1. The molecule has 1 saturated heterocycles. The smallest absolute Gasteiger partial charge is 0.315 e. The molecular weight excluding hydrogens is 308 g/mol. The predicted molar refractivity (Wildman–Crippen MR) is 90.2 cm³/mol. The van der Waals surface area contributed by atoms with Crippen LogP contribution < -0.4 is 15.4 Å². The van der Waals surface area contributed by atoms with Crippen molar-refractivity contribution >= 4 is 6.03 Å². The summed E-state index contributed by atoms with van der Waals surface area (Å²) in [6, 6.07) is 7.70. The first-order valence-corrected chi connectivity index (χ1v) is 8.78. The highest BCUT2D eigenvalue weighted by Gasteiger charge is 2.22. The van der Waals surface area contributed by atoms with Crippen LogP contribution in [0.25, 0.3) is 0 Å². The van der Waals surface area contributed by atoms with E-state index in [0.29, 0.717) is 26.4 Å². The number of fused-ring (bicyclic) bond motifs is 1. The van der Waals surface area contributed by atoms with E-state index in [1.54, 1.807) is 0 Å². The van der Waals surface area contributed by atoms with Crippen molar-refractivity contribution in [2.75, 3.05) is 33.0 Å². The molecule has 132 valence electrons. The number of benzene rings is 1. The minimum absolute atomic E-state index is 0.00529. The third-order valence-corrected chi connectivity index (χ3v) is 4.34. The van der Waals surface area contributed by atoms with Crippen LogP contribution in [-0.4, -0.2) is 45.1 Å². The van der Waals surface area contributed by atoms with Crippen molar-refractivity contribution < 1.29 is 19.0 Å². The van der Waals surface area contributed by atoms with Crippen LogP contribution >= 0.6 is 0 Å². The molecule has 2 N–H and O–H groups in total. The summed E-state index contributed by atoms with van der Waals surface area (Å²) in [6.45, 7) is 3.37. The molecule has 3 rings (SSSR count). The number of nitrogens with one attached hydrogen (secondary N) is 2. The lowest BCUT2D eigenvalue weighted by molar-refractivity contribution is 0.0167. The van der Waals surface area contributed by atoms with Gasteiger partial charge in [0.15, 0.2) is 0 Å². The van der Waals surface area contributed by atoms with Gasteiger partial charge in [0.2, 0.25) is 0 Å². The summed E-state index contributed by atoms with van der Waals surface area (Å²) in [4.78, 5) is 12.0. The van der Waals surface area contributed by atoms with Gasteiger partial charge in [-0.05, 0) is 25.3 Å². The molecule has 1 aromatic carbocycles. The minimum Gasteiger partial charge on any atom is -0.493 e. The Labute approximate surface area is 142 Å². The third-order valence-electron chi connectivity index (χ3n) is 4.34. The fraction of sp³-hybridized carbons (Fsp3) is 0.611. The van der Waals surface area contributed by atoms with Gasteiger partial charge >= 0.3 is 6.03 Å². The Morgan fingerprint density at radius 3 is 3.04 bits per heavy atom. The average Bonchev–Trinajstić information content (AvgIpc) is 3.12. The number of amides is 2. The van der Waals surface area contributed by atoms with E-state index in [4.69, 9.17) is 14.2 Å². The predicted octanol–water partition coefficient (Wildman–Crippen LogP) is 2.40. The van der Waals surface area contributed by atoms with E-state index >= 15 is 0 Å². The van der Waals surface area contributed by atoms with Crippen molar-refractivity contribution in [2.24, 2.45) is 0 Å². The molecule has 2 aliphatic rings. The summed E-state index contributed by atoms with van der Waals surface area (Å²) in [5, 5.41) is 5.91. The van der Waals surface area contributed by atoms with Gasteiger partial charge < -0.3 is 24.8 Å². The van der Waals surface area contributed by atoms with Crippen LogP contribution in [-0.2, 0) is 9.47 Å². The maximum absolute atomic E-state index is 12.0. The molecule has 0 aliphatic carbocycles. The normalized spacial score (nSPS) is 22.5. The van der Waals surface area contributed by atoms with Crippen LogP contribution in [0.2, 0.25) is 0 Å². The SMILES string of the molecule is O=C(NCCCOCC1CCCO1)NC1CCOc2ccccc21. The summed E-state index contributed by atoms with van der Waals surface area (Å²) in [5.74, 6) is 0.858. The second kappa shape index (κ2) is 8.89. The molecule has 0 aromatic heterocycles. The first-order chi connectivity index (χ1) is 11.8. The third kappa shape index (κ3) is 4.85. The van der Waals surface area contributed by atoms with Crippen LogP contribution in [0.1, 0.15) is 37.3 Å². The molecule has 0 spiro atoms. The lowest BCUT2D eigenvalue weighted by atomic mass is 10.0. The highest BCUT2D eigenvalue weighted by molar-refractivity contribution is 5.74. The number of hydrogen-bond acceptors (Lipinski definition) is 4. The molecule has 24 heavy (non-hydrogen) atoms. The minimum atomic E-state index is -0.143. The lowest BCUT2D eigenvalue weighted by Gasteiger charge is -2.26. The number of rotatable bonds is 7. The van der Waals surface area contributed by atoms with E-state index in [0.717, 1.165) is 43.6 Å². The Bertz CT molecular complexity index is 532. The zero-order chi connectivity index (χ0) is 16.6. The molecule has 2 aliphatic heterocycles. The van der Waals surface area contributed by atoms with Gasteiger partial charge in [0, 0.05) is 31.7 Å². The number of hydrogen-bond donors (Lipinski definition) is 2. The topological polar surface area (TPSA) is 68.8 Å². The monoisotopic (exact) mass is 334 g/mol. The summed E-state index contributed by atoms with van der Waals surface area (Å²) < 4.78 is 16.7. The van der Waals surface area contributed by atoms with Gasteiger partial charge in [-0.1, -0.05) is 18.2 Å². The van der Waals surface area contributed by atoms with Crippen molar-refractivity contribution in [3.8, 4) is 5.75 Å². The molecule has 1 fully saturated rings. The van der Waals surface area contributed by atoms with Gasteiger partial charge in [-0.15, -0.1) is 0 Å². The molecule has 1 aromatic rings. The highest BCUT2D eigenvalue weighted by atomic mass is 16.5. The molecule has 2 atom stereocenters. The first-order valence-electron chi connectivity index (χ1n) is 8.78. The van der Waals surface area contributed by atoms with E-state index < -0.39 is 0 Å². The number of carbonyl (C=O) groups is 1. The number of carbonyl (C=O) groups excluding carboxylic acids is 1. The van der Waals surface area contributed by atoms with E-state index in [1.165, 1.54) is 0 Å². The van der Waals surface area contributed by atoms with Crippen molar-refractivity contribution in [3.05, 3.63) is 29.8 Å². The fourth-order valence-electron chi connectivity index (χ4n) is 3.07. The Hall–Kier alpha value is -1.79. The fourth-order valence-corrected chi connectivity index (χ4v) is 3.07. The molecule has 2 heterocycles. The Balaban J connectivity index is 1.30.